The van der Waals surface area contributed by atoms with Crippen molar-refractivity contribution in [2.75, 3.05) is 24.4 Å². The van der Waals surface area contributed by atoms with E-state index in [9.17, 15) is 0 Å². The Kier molecular flexibility index (Phi) is 4.15. The van der Waals surface area contributed by atoms with Crippen molar-refractivity contribution in [3.8, 4) is 0 Å². The summed E-state index contributed by atoms with van der Waals surface area (Å²) in [5, 5.41) is 9.84. The monoisotopic (exact) mass is 288 g/mol. The molecule has 0 aliphatic heterocycles. The van der Waals surface area contributed by atoms with Crippen LogP contribution in [0.15, 0.2) is 10.5 Å². The van der Waals surface area contributed by atoms with Crippen molar-refractivity contribution in [2.24, 2.45) is 5.84 Å². The van der Waals surface area contributed by atoms with Crippen LogP contribution in [0.2, 0.25) is 0 Å². The lowest BCUT2D eigenvalue weighted by Crippen LogP contribution is -2.07. The van der Waals surface area contributed by atoms with E-state index in [-0.39, 0.29) is 0 Å². The van der Waals surface area contributed by atoms with Crippen molar-refractivity contribution >= 4 is 44.7 Å². The number of anilines is 2. The van der Waals surface area contributed by atoms with Gasteiger partial charge in [0.25, 0.3) is 0 Å². The quantitative estimate of drug-likeness (QED) is 0.492. The van der Waals surface area contributed by atoms with Gasteiger partial charge in [-0.2, -0.15) is 0 Å². The number of hydrogen-bond acceptors (Lipinski definition) is 9. The Bertz CT molecular complexity index is 479. The summed E-state index contributed by atoms with van der Waals surface area (Å²) < 4.78 is 0.962. The van der Waals surface area contributed by atoms with Gasteiger partial charge in [0.15, 0.2) is 9.47 Å². The summed E-state index contributed by atoms with van der Waals surface area (Å²) >= 11 is 4.78. The van der Waals surface area contributed by atoms with E-state index in [0.29, 0.717) is 0 Å². The predicted molar refractivity (Wildman–Crippen MR) is 73.7 cm³/mol. The molecular formula is C8H12N6S3. The van der Waals surface area contributed by atoms with E-state index in [0.717, 1.165) is 25.2 Å². The molecule has 0 saturated carbocycles. The Morgan fingerprint density at radius 2 is 2.24 bits per heavy atom. The van der Waals surface area contributed by atoms with Crippen molar-refractivity contribution in [3.05, 3.63) is 11.1 Å². The van der Waals surface area contributed by atoms with E-state index in [1.54, 1.807) is 34.4 Å². The van der Waals surface area contributed by atoms with E-state index in [2.05, 4.69) is 20.6 Å². The first kappa shape index (κ1) is 12.6. The van der Waals surface area contributed by atoms with E-state index >= 15 is 0 Å². The lowest BCUT2D eigenvalue weighted by molar-refractivity contribution is 0.972. The van der Waals surface area contributed by atoms with Crippen LogP contribution in [0.3, 0.4) is 0 Å². The first-order chi connectivity index (χ1) is 8.19. The number of hydrogen-bond donors (Lipinski definition) is 2. The predicted octanol–water partition coefficient (Wildman–Crippen LogP) is 1.64. The summed E-state index contributed by atoms with van der Waals surface area (Å²) in [5.74, 6) is 6.11. The lowest BCUT2D eigenvalue weighted by atomic mass is 10.6. The molecule has 9 heteroatoms. The molecule has 0 spiro atoms. The SMILES string of the molecule is CN(C)c1nnc(SCc2cnc(NN)s2)s1. The minimum absolute atomic E-state index is 0.729. The van der Waals surface area contributed by atoms with Crippen molar-refractivity contribution < 1.29 is 0 Å². The summed E-state index contributed by atoms with van der Waals surface area (Å²) in [6.07, 6.45) is 1.82. The van der Waals surface area contributed by atoms with E-state index in [1.165, 1.54) is 0 Å². The van der Waals surface area contributed by atoms with Crippen LogP contribution in [0.25, 0.3) is 0 Å². The van der Waals surface area contributed by atoms with Crippen LogP contribution in [0.1, 0.15) is 4.88 Å². The van der Waals surface area contributed by atoms with Gasteiger partial charge in [-0.05, 0) is 0 Å². The lowest BCUT2D eigenvalue weighted by Gasteiger charge is -2.03. The van der Waals surface area contributed by atoms with Gasteiger partial charge in [0.2, 0.25) is 5.13 Å². The van der Waals surface area contributed by atoms with Gasteiger partial charge >= 0.3 is 0 Å². The van der Waals surface area contributed by atoms with E-state index < -0.39 is 0 Å². The second-order valence-corrected chi connectivity index (χ2v) is 6.60. The van der Waals surface area contributed by atoms with Gasteiger partial charge < -0.3 is 4.90 Å². The zero-order chi connectivity index (χ0) is 12.3. The smallest absolute Gasteiger partial charge is 0.208 e. The van der Waals surface area contributed by atoms with Crippen molar-refractivity contribution in [1.82, 2.24) is 15.2 Å². The van der Waals surface area contributed by atoms with Crippen LogP contribution >= 0.6 is 34.4 Å². The van der Waals surface area contributed by atoms with Crippen LogP contribution in [0.5, 0.6) is 0 Å². The summed E-state index contributed by atoms with van der Waals surface area (Å²) in [4.78, 5) is 7.21. The molecule has 0 amide bonds. The Balaban J connectivity index is 1.92. The van der Waals surface area contributed by atoms with Crippen LogP contribution in [0.4, 0.5) is 10.3 Å². The fourth-order valence-electron chi connectivity index (χ4n) is 1.02. The molecule has 0 unspecified atom stereocenters. The van der Waals surface area contributed by atoms with Gasteiger partial charge in [0.1, 0.15) is 0 Å². The Morgan fingerprint density at radius 1 is 1.41 bits per heavy atom. The van der Waals surface area contributed by atoms with E-state index in [4.69, 9.17) is 5.84 Å². The third-order valence-electron chi connectivity index (χ3n) is 1.79. The zero-order valence-corrected chi connectivity index (χ0v) is 11.8. The van der Waals surface area contributed by atoms with Crippen LogP contribution in [-0.4, -0.2) is 29.3 Å². The van der Waals surface area contributed by atoms with Crippen LogP contribution < -0.4 is 16.2 Å². The minimum Gasteiger partial charge on any atom is -0.353 e. The maximum Gasteiger partial charge on any atom is 0.208 e. The normalized spacial score (nSPS) is 10.5. The summed E-state index contributed by atoms with van der Waals surface area (Å²) in [6, 6.07) is 0. The van der Waals surface area contributed by atoms with Crippen LogP contribution in [-0.2, 0) is 5.75 Å². The van der Waals surface area contributed by atoms with Gasteiger partial charge in [-0.1, -0.05) is 23.1 Å². The second kappa shape index (κ2) is 5.63. The summed E-state index contributed by atoms with van der Waals surface area (Å²) in [5.41, 5.74) is 2.53. The Morgan fingerprint density at radius 3 is 2.82 bits per heavy atom. The number of nitrogens with one attached hydrogen (secondary N) is 1. The summed E-state index contributed by atoms with van der Waals surface area (Å²) in [6.45, 7) is 0. The first-order valence-electron chi connectivity index (χ1n) is 4.74. The molecule has 2 aromatic rings. The average molecular weight is 288 g/mol. The van der Waals surface area contributed by atoms with Gasteiger partial charge in [0, 0.05) is 30.9 Å². The molecule has 0 aliphatic carbocycles. The Labute approximate surface area is 111 Å². The number of nitrogens with two attached hydrogens (primary N) is 1. The number of aromatic nitrogens is 3. The molecular weight excluding hydrogens is 276 g/mol. The zero-order valence-electron chi connectivity index (χ0n) is 9.38. The summed E-state index contributed by atoms with van der Waals surface area (Å²) in [7, 11) is 3.91. The number of nitrogen functional groups attached to an aromatic ring is 1. The highest BCUT2D eigenvalue weighted by Crippen LogP contribution is 2.31. The van der Waals surface area contributed by atoms with Crippen molar-refractivity contribution in [1.29, 1.82) is 0 Å². The number of thiazole rings is 1. The molecule has 0 aromatic carbocycles. The van der Waals surface area contributed by atoms with Gasteiger partial charge in [-0.3, -0.25) is 5.43 Å². The fourth-order valence-corrected chi connectivity index (χ4v) is 3.52. The molecule has 2 rings (SSSR count). The Hall–Kier alpha value is -0.900. The third kappa shape index (κ3) is 3.28. The number of hydrazine groups is 1. The molecule has 2 heterocycles. The maximum atomic E-state index is 5.27. The molecule has 0 bridgehead atoms. The highest BCUT2D eigenvalue weighted by molar-refractivity contribution is 8.00. The number of thioether (sulfide) groups is 1. The number of nitrogens with zero attached hydrogens (tertiary/aromatic N) is 4. The molecule has 3 N–H and O–H groups in total. The largest absolute Gasteiger partial charge is 0.353 e. The number of rotatable bonds is 5. The van der Waals surface area contributed by atoms with E-state index in [1.807, 2.05) is 25.2 Å². The topological polar surface area (TPSA) is 80.0 Å². The van der Waals surface area contributed by atoms with Gasteiger partial charge in [0.05, 0.1) is 0 Å². The average Bonchev–Trinajstić information content (AvgIpc) is 2.95. The highest BCUT2D eigenvalue weighted by atomic mass is 32.2. The molecule has 0 aliphatic rings. The molecule has 0 atom stereocenters. The molecule has 92 valence electrons. The molecule has 17 heavy (non-hydrogen) atoms. The first-order valence-corrected chi connectivity index (χ1v) is 7.36. The minimum atomic E-state index is 0.729. The second-order valence-electron chi connectivity index (χ2n) is 3.31. The molecule has 0 radical (unpaired) electrons. The fraction of sp³-hybridized carbons (Fsp3) is 0.375. The molecule has 6 nitrogen and oxygen atoms in total. The maximum absolute atomic E-state index is 5.27. The highest BCUT2D eigenvalue weighted by Gasteiger charge is 2.07. The third-order valence-corrected chi connectivity index (χ3v) is 5.18. The van der Waals surface area contributed by atoms with Crippen LogP contribution in [0, 0.1) is 0 Å². The standard InChI is InChI=1S/C8H12N6S3/c1-14(2)7-12-13-8(17-7)15-4-5-3-10-6(11-9)16-5/h3H,4,9H2,1-2H3,(H,10,11). The van der Waals surface area contributed by atoms with Gasteiger partial charge in [-0.25, -0.2) is 10.8 Å². The molecule has 0 saturated heterocycles. The molecule has 2 aromatic heterocycles. The van der Waals surface area contributed by atoms with Crippen molar-refractivity contribution in [3.63, 3.8) is 0 Å². The van der Waals surface area contributed by atoms with Gasteiger partial charge in [-0.15, -0.1) is 21.5 Å². The van der Waals surface area contributed by atoms with Crippen molar-refractivity contribution in [2.45, 2.75) is 10.1 Å². The molecule has 0 fully saturated rings.